The van der Waals surface area contributed by atoms with Gasteiger partial charge in [0.2, 0.25) is 0 Å². The predicted octanol–water partition coefficient (Wildman–Crippen LogP) is 2.50. The average Bonchev–Trinajstić information content (AvgIpc) is 3.03. The molecule has 98 valence electrons. The third-order valence-corrected chi connectivity index (χ3v) is 3.50. The second kappa shape index (κ2) is 5.40. The first-order chi connectivity index (χ1) is 8.60. The van der Waals surface area contributed by atoms with E-state index in [2.05, 4.69) is 29.8 Å². The Balaban J connectivity index is 1.94. The van der Waals surface area contributed by atoms with Gasteiger partial charge in [0, 0.05) is 17.8 Å². The molecule has 0 heterocycles. The first-order valence-electron chi connectivity index (χ1n) is 6.45. The lowest BCUT2D eigenvalue weighted by atomic mass is 10.1. The number of carbonyl (C=O) groups excluding carboxylic acids is 1. The molecule has 1 aliphatic carbocycles. The van der Waals surface area contributed by atoms with Crippen LogP contribution in [-0.2, 0) is 0 Å². The molecule has 2 rings (SSSR count). The lowest BCUT2D eigenvalue weighted by Crippen LogP contribution is -2.31. The van der Waals surface area contributed by atoms with Crippen LogP contribution in [0.4, 0.5) is 10.5 Å². The largest absolute Gasteiger partial charge is 0.335 e. The van der Waals surface area contributed by atoms with Crippen molar-refractivity contribution in [3.63, 3.8) is 0 Å². The monoisotopic (exact) mass is 247 g/mol. The normalized spacial score (nSPS) is 23.3. The fourth-order valence-corrected chi connectivity index (χ4v) is 1.91. The van der Waals surface area contributed by atoms with Gasteiger partial charge in [-0.3, -0.25) is 0 Å². The van der Waals surface area contributed by atoms with E-state index in [0.29, 0.717) is 12.0 Å². The SMILES string of the molecule is CNC(C)c1cccc(NC(=O)NC2CC2C)c1. The fraction of sp³-hybridized carbons (Fsp3) is 0.500. The highest BCUT2D eigenvalue weighted by atomic mass is 16.2. The molecule has 0 aromatic heterocycles. The summed E-state index contributed by atoms with van der Waals surface area (Å²) in [6.45, 7) is 4.23. The third kappa shape index (κ3) is 3.23. The number of hydrogen-bond acceptors (Lipinski definition) is 2. The topological polar surface area (TPSA) is 53.2 Å². The first-order valence-corrected chi connectivity index (χ1v) is 6.45. The Morgan fingerprint density at radius 3 is 2.78 bits per heavy atom. The van der Waals surface area contributed by atoms with Gasteiger partial charge >= 0.3 is 6.03 Å². The number of carbonyl (C=O) groups is 1. The third-order valence-electron chi connectivity index (χ3n) is 3.50. The highest BCUT2D eigenvalue weighted by molar-refractivity contribution is 5.89. The van der Waals surface area contributed by atoms with Gasteiger partial charge in [0.1, 0.15) is 0 Å². The molecule has 0 aliphatic heterocycles. The van der Waals surface area contributed by atoms with E-state index in [9.17, 15) is 4.79 Å². The molecule has 3 N–H and O–H groups in total. The zero-order valence-corrected chi connectivity index (χ0v) is 11.2. The van der Waals surface area contributed by atoms with Crippen molar-refractivity contribution in [1.82, 2.24) is 10.6 Å². The van der Waals surface area contributed by atoms with Crippen molar-refractivity contribution in [2.45, 2.75) is 32.4 Å². The number of hydrogen-bond donors (Lipinski definition) is 3. The number of benzene rings is 1. The minimum absolute atomic E-state index is 0.112. The Bertz CT molecular complexity index is 433. The molecule has 3 unspecified atom stereocenters. The van der Waals surface area contributed by atoms with Crippen LogP contribution >= 0.6 is 0 Å². The summed E-state index contributed by atoms with van der Waals surface area (Å²) in [6.07, 6.45) is 1.09. The summed E-state index contributed by atoms with van der Waals surface area (Å²) in [5, 5.41) is 9.01. The first kappa shape index (κ1) is 12.9. The molecule has 4 heteroatoms. The molecule has 1 saturated carbocycles. The molecule has 1 fully saturated rings. The van der Waals surface area contributed by atoms with Crippen LogP contribution in [0.25, 0.3) is 0 Å². The summed E-state index contributed by atoms with van der Waals surface area (Å²) in [5.74, 6) is 0.617. The van der Waals surface area contributed by atoms with Crippen LogP contribution in [-0.4, -0.2) is 19.1 Å². The molecule has 0 spiro atoms. The molecule has 0 radical (unpaired) electrons. The quantitative estimate of drug-likeness (QED) is 0.765. The molecule has 2 amide bonds. The van der Waals surface area contributed by atoms with E-state index in [1.807, 2.05) is 31.3 Å². The molecular weight excluding hydrogens is 226 g/mol. The Labute approximate surface area is 108 Å². The van der Waals surface area contributed by atoms with E-state index in [1.54, 1.807) is 0 Å². The molecule has 1 aliphatic rings. The number of anilines is 1. The van der Waals surface area contributed by atoms with Crippen molar-refractivity contribution in [3.8, 4) is 0 Å². The van der Waals surface area contributed by atoms with Gasteiger partial charge in [-0.15, -0.1) is 0 Å². The zero-order valence-electron chi connectivity index (χ0n) is 11.2. The van der Waals surface area contributed by atoms with Gasteiger partial charge in [0.15, 0.2) is 0 Å². The van der Waals surface area contributed by atoms with E-state index >= 15 is 0 Å². The summed E-state index contributed by atoms with van der Waals surface area (Å²) < 4.78 is 0. The van der Waals surface area contributed by atoms with Crippen molar-refractivity contribution in [2.24, 2.45) is 5.92 Å². The maximum absolute atomic E-state index is 11.7. The Morgan fingerprint density at radius 1 is 1.44 bits per heavy atom. The summed E-state index contributed by atoms with van der Waals surface area (Å²) in [4.78, 5) is 11.7. The second-order valence-corrected chi connectivity index (χ2v) is 5.05. The molecule has 0 bridgehead atoms. The Hall–Kier alpha value is -1.55. The predicted molar refractivity (Wildman–Crippen MR) is 73.6 cm³/mol. The van der Waals surface area contributed by atoms with Gasteiger partial charge in [0.05, 0.1) is 0 Å². The lowest BCUT2D eigenvalue weighted by molar-refractivity contribution is 0.251. The number of nitrogens with one attached hydrogen (secondary N) is 3. The summed E-state index contributed by atoms with van der Waals surface area (Å²) in [6, 6.07) is 8.42. The molecule has 4 nitrogen and oxygen atoms in total. The van der Waals surface area contributed by atoms with Crippen LogP contribution in [0.1, 0.15) is 31.9 Å². The van der Waals surface area contributed by atoms with Gasteiger partial charge in [-0.1, -0.05) is 19.1 Å². The summed E-state index contributed by atoms with van der Waals surface area (Å²) in [7, 11) is 1.92. The van der Waals surface area contributed by atoms with E-state index in [1.165, 1.54) is 0 Å². The van der Waals surface area contributed by atoms with Crippen LogP contribution in [0, 0.1) is 5.92 Å². The van der Waals surface area contributed by atoms with E-state index in [0.717, 1.165) is 17.7 Å². The van der Waals surface area contributed by atoms with E-state index in [-0.39, 0.29) is 12.1 Å². The van der Waals surface area contributed by atoms with Gasteiger partial charge in [0.25, 0.3) is 0 Å². The average molecular weight is 247 g/mol. The minimum atomic E-state index is -0.112. The van der Waals surface area contributed by atoms with Crippen LogP contribution in [0.3, 0.4) is 0 Å². The van der Waals surface area contributed by atoms with Crippen molar-refractivity contribution >= 4 is 11.7 Å². The molecular formula is C14H21N3O. The van der Waals surface area contributed by atoms with Gasteiger partial charge in [-0.05, 0) is 44.0 Å². The maximum Gasteiger partial charge on any atom is 0.319 e. The van der Waals surface area contributed by atoms with Crippen molar-refractivity contribution < 1.29 is 4.79 Å². The van der Waals surface area contributed by atoms with Crippen molar-refractivity contribution in [2.75, 3.05) is 12.4 Å². The summed E-state index contributed by atoms with van der Waals surface area (Å²) in [5.41, 5.74) is 2.00. The van der Waals surface area contributed by atoms with Gasteiger partial charge < -0.3 is 16.0 Å². The molecule has 0 saturated heterocycles. The van der Waals surface area contributed by atoms with E-state index in [4.69, 9.17) is 0 Å². The summed E-state index contributed by atoms with van der Waals surface area (Å²) >= 11 is 0. The molecule has 3 atom stereocenters. The Morgan fingerprint density at radius 2 is 2.17 bits per heavy atom. The highest BCUT2D eigenvalue weighted by Crippen LogP contribution is 2.29. The molecule has 18 heavy (non-hydrogen) atoms. The maximum atomic E-state index is 11.7. The smallest absolute Gasteiger partial charge is 0.319 e. The van der Waals surface area contributed by atoms with Crippen LogP contribution in [0.2, 0.25) is 0 Å². The minimum Gasteiger partial charge on any atom is -0.335 e. The number of urea groups is 1. The van der Waals surface area contributed by atoms with Crippen molar-refractivity contribution in [1.29, 1.82) is 0 Å². The number of rotatable bonds is 4. The van der Waals surface area contributed by atoms with Crippen molar-refractivity contribution in [3.05, 3.63) is 29.8 Å². The molecule has 1 aromatic carbocycles. The van der Waals surface area contributed by atoms with Crippen LogP contribution < -0.4 is 16.0 Å². The lowest BCUT2D eigenvalue weighted by Gasteiger charge is -2.13. The standard InChI is InChI=1S/C14H21N3O/c1-9-7-13(9)17-14(18)16-12-6-4-5-11(8-12)10(2)15-3/h4-6,8-10,13,15H,7H2,1-3H3,(H2,16,17,18). The van der Waals surface area contributed by atoms with Crippen LogP contribution in [0.15, 0.2) is 24.3 Å². The highest BCUT2D eigenvalue weighted by Gasteiger charge is 2.33. The Kier molecular flexibility index (Phi) is 3.87. The van der Waals surface area contributed by atoms with Crippen LogP contribution in [0.5, 0.6) is 0 Å². The van der Waals surface area contributed by atoms with Gasteiger partial charge in [-0.25, -0.2) is 4.79 Å². The zero-order chi connectivity index (χ0) is 13.1. The van der Waals surface area contributed by atoms with Gasteiger partial charge in [-0.2, -0.15) is 0 Å². The molecule has 1 aromatic rings. The fourth-order valence-electron chi connectivity index (χ4n) is 1.91. The van der Waals surface area contributed by atoms with E-state index < -0.39 is 0 Å². The second-order valence-electron chi connectivity index (χ2n) is 5.05. The number of amides is 2.